The van der Waals surface area contributed by atoms with Gasteiger partial charge in [-0.15, -0.1) is 0 Å². The molecule has 0 spiro atoms. The van der Waals surface area contributed by atoms with Crippen LogP contribution in [0.5, 0.6) is 17.2 Å². The summed E-state index contributed by atoms with van der Waals surface area (Å²) in [5, 5.41) is 0. The van der Waals surface area contributed by atoms with Crippen LogP contribution in [0.1, 0.15) is 39.2 Å². The van der Waals surface area contributed by atoms with Crippen molar-refractivity contribution in [3.05, 3.63) is 17.7 Å². The van der Waals surface area contributed by atoms with Crippen molar-refractivity contribution in [1.29, 1.82) is 0 Å². The second kappa shape index (κ2) is 3.58. The number of fused-ring (bicyclic) bond motifs is 1. The highest BCUT2D eigenvalue weighted by atomic mass is 16.7. The molecule has 1 aliphatic heterocycles. The number of ether oxygens (including phenoxy) is 3. The van der Waals surface area contributed by atoms with E-state index in [0.29, 0.717) is 5.92 Å². The van der Waals surface area contributed by atoms with E-state index in [9.17, 15) is 0 Å². The molecule has 0 unspecified atom stereocenters. The summed E-state index contributed by atoms with van der Waals surface area (Å²) in [6.45, 7) is 8.07. The van der Waals surface area contributed by atoms with Crippen LogP contribution in [0.4, 0.5) is 0 Å². The largest absolute Gasteiger partial charge is 0.493 e. The summed E-state index contributed by atoms with van der Waals surface area (Å²) in [6, 6.07) is 3.96. The van der Waals surface area contributed by atoms with Crippen LogP contribution >= 0.6 is 0 Å². The Labute approximate surface area is 96.3 Å². The van der Waals surface area contributed by atoms with Crippen LogP contribution in [0.15, 0.2) is 12.1 Å². The highest BCUT2D eigenvalue weighted by Crippen LogP contribution is 2.49. The molecule has 0 aliphatic carbocycles. The van der Waals surface area contributed by atoms with Crippen LogP contribution in [0.3, 0.4) is 0 Å². The minimum atomic E-state index is -0.611. The van der Waals surface area contributed by atoms with Crippen molar-refractivity contribution in [2.75, 3.05) is 7.11 Å². The van der Waals surface area contributed by atoms with Gasteiger partial charge in [-0.25, -0.2) is 0 Å². The summed E-state index contributed by atoms with van der Waals surface area (Å²) in [5.74, 6) is 2.06. The van der Waals surface area contributed by atoms with Gasteiger partial charge in [-0.3, -0.25) is 0 Å². The summed E-state index contributed by atoms with van der Waals surface area (Å²) < 4.78 is 16.9. The fraction of sp³-hybridized carbons (Fsp3) is 0.538. The van der Waals surface area contributed by atoms with Crippen molar-refractivity contribution < 1.29 is 14.2 Å². The lowest BCUT2D eigenvalue weighted by atomic mass is 10.0. The lowest BCUT2D eigenvalue weighted by molar-refractivity contribution is -0.0443. The summed E-state index contributed by atoms with van der Waals surface area (Å²) in [5.41, 5.74) is 1.15. The number of hydrogen-bond donors (Lipinski definition) is 0. The van der Waals surface area contributed by atoms with Gasteiger partial charge in [0.25, 0.3) is 0 Å². The van der Waals surface area contributed by atoms with E-state index in [1.165, 1.54) is 0 Å². The summed E-state index contributed by atoms with van der Waals surface area (Å²) in [6.07, 6.45) is 0. The molecule has 88 valence electrons. The topological polar surface area (TPSA) is 27.7 Å². The van der Waals surface area contributed by atoms with Gasteiger partial charge >= 0.3 is 0 Å². The first-order valence-electron chi connectivity index (χ1n) is 5.53. The molecule has 3 heteroatoms. The molecule has 16 heavy (non-hydrogen) atoms. The van der Waals surface area contributed by atoms with E-state index in [1.807, 2.05) is 26.0 Å². The van der Waals surface area contributed by atoms with E-state index in [2.05, 4.69) is 13.8 Å². The van der Waals surface area contributed by atoms with Gasteiger partial charge in [0.2, 0.25) is 11.5 Å². The molecule has 1 aromatic carbocycles. The molecule has 1 aromatic rings. The van der Waals surface area contributed by atoms with Gasteiger partial charge in [-0.05, 0) is 12.0 Å². The number of benzene rings is 1. The lowest BCUT2D eigenvalue weighted by Crippen LogP contribution is -2.30. The zero-order chi connectivity index (χ0) is 11.9. The van der Waals surface area contributed by atoms with Gasteiger partial charge in [-0.2, -0.15) is 0 Å². The maximum Gasteiger partial charge on any atom is 0.246 e. The van der Waals surface area contributed by atoms with Gasteiger partial charge in [0.05, 0.1) is 7.11 Å². The van der Waals surface area contributed by atoms with Crippen LogP contribution in [0.25, 0.3) is 0 Å². The molecule has 0 aromatic heterocycles. The predicted molar refractivity (Wildman–Crippen MR) is 62.4 cm³/mol. The van der Waals surface area contributed by atoms with Gasteiger partial charge in [0.1, 0.15) is 0 Å². The van der Waals surface area contributed by atoms with Gasteiger partial charge in [0, 0.05) is 19.4 Å². The predicted octanol–water partition coefficient (Wildman–Crippen LogP) is 3.33. The van der Waals surface area contributed by atoms with E-state index in [1.54, 1.807) is 7.11 Å². The highest BCUT2D eigenvalue weighted by Gasteiger charge is 2.36. The van der Waals surface area contributed by atoms with Crippen molar-refractivity contribution in [2.45, 2.75) is 39.4 Å². The first kappa shape index (κ1) is 11.1. The second-order valence-corrected chi connectivity index (χ2v) is 4.77. The Hall–Kier alpha value is -1.38. The molecule has 0 N–H and O–H groups in total. The first-order chi connectivity index (χ1) is 7.44. The van der Waals surface area contributed by atoms with Crippen LogP contribution in [-0.2, 0) is 0 Å². The summed E-state index contributed by atoms with van der Waals surface area (Å²) >= 11 is 0. The number of methoxy groups -OCH3 is 1. The Balaban J connectivity index is 2.55. The van der Waals surface area contributed by atoms with Crippen LogP contribution in [0, 0.1) is 0 Å². The quantitative estimate of drug-likeness (QED) is 0.768. The maximum absolute atomic E-state index is 5.83. The van der Waals surface area contributed by atoms with Crippen LogP contribution < -0.4 is 14.2 Å². The minimum Gasteiger partial charge on any atom is -0.493 e. The van der Waals surface area contributed by atoms with E-state index in [4.69, 9.17) is 14.2 Å². The van der Waals surface area contributed by atoms with Crippen molar-refractivity contribution in [1.82, 2.24) is 0 Å². The molecule has 0 amide bonds. The SMILES string of the molecule is COc1ccc(C(C)C)c2c1OC(C)(C)O2. The summed E-state index contributed by atoms with van der Waals surface area (Å²) in [4.78, 5) is 0. The third-order valence-electron chi connectivity index (χ3n) is 2.64. The molecule has 0 saturated carbocycles. The molecular formula is C13H18O3. The molecule has 0 radical (unpaired) electrons. The number of hydrogen-bond acceptors (Lipinski definition) is 3. The average Bonchev–Trinajstić information content (AvgIpc) is 2.50. The molecular weight excluding hydrogens is 204 g/mol. The average molecular weight is 222 g/mol. The molecule has 0 bridgehead atoms. The molecule has 3 nitrogen and oxygen atoms in total. The molecule has 0 fully saturated rings. The van der Waals surface area contributed by atoms with E-state index < -0.39 is 5.79 Å². The molecule has 2 rings (SSSR count). The van der Waals surface area contributed by atoms with Crippen LogP contribution in [0.2, 0.25) is 0 Å². The van der Waals surface area contributed by atoms with Crippen LogP contribution in [-0.4, -0.2) is 12.9 Å². The van der Waals surface area contributed by atoms with E-state index >= 15 is 0 Å². The molecule has 1 heterocycles. The molecule has 1 aliphatic rings. The fourth-order valence-electron chi connectivity index (χ4n) is 1.89. The fourth-order valence-corrected chi connectivity index (χ4v) is 1.89. The van der Waals surface area contributed by atoms with E-state index in [0.717, 1.165) is 22.8 Å². The zero-order valence-electron chi connectivity index (χ0n) is 10.5. The Bertz CT molecular complexity index is 408. The molecule has 0 atom stereocenters. The smallest absolute Gasteiger partial charge is 0.246 e. The minimum absolute atomic E-state index is 0.400. The Morgan fingerprint density at radius 3 is 2.31 bits per heavy atom. The Morgan fingerprint density at radius 2 is 1.75 bits per heavy atom. The Morgan fingerprint density at radius 1 is 1.12 bits per heavy atom. The van der Waals surface area contributed by atoms with Crippen molar-refractivity contribution in [2.24, 2.45) is 0 Å². The van der Waals surface area contributed by atoms with E-state index in [-0.39, 0.29) is 0 Å². The highest BCUT2D eigenvalue weighted by molar-refractivity contribution is 5.58. The van der Waals surface area contributed by atoms with Gasteiger partial charge in [-0.1, -0.05) is 19.9 Å². The van der Waals surface area contributed by atoms with Gasteiger partial charge < -0.3 is 14.2 Å². The lowest BCUT2D eigenvalue weighted by Gasteiger charge is -2.17. The first-order valence-corrected chi connectivity index (χ1v) is 5.53. The normalized spacial score (nSPS) is 16.6. The maximum atomic E-state index is 5.83. The molecule has 0 saturated heterocycles. The summed E-state index contributed by atoms with van der Waals surface area (Å²) in [7, 11) is 1.64. The second-order valence-electron chi connectivity index (χ2n) is 4.77. The van der Waals surface area contributed by atoms with Crippen molar-refractivity contribution in [3.8, 4) is 17.2 Å². The zero-order valence-corrected chi connectivity index (χ0v) is 10.5. The standard InChI is InChI=1S/C13H18O3/c1-8(2)9-6-7-10(14-5)12-11(9)15-13(3,4)16-12/h6-8H,1-5H3. The van der Waals surface area contributed by atoms with Crippen molar-refractivity contribution in [3.63, 3.8) is 0 Å². The third kappa shape index (κ3) is 1.70. The van der Waals surface area contributed by atoms with Gasteiger partial charge in [0.15, 0.2) is 11.5 Å². The third-order valence-corrected chi connectivity index (χ3v) is 2.64. The number of rotatable bonds is 2. The van der Waals surface area contributed by atoms with Crippen molar-refractivity contribution >= 4 is 0 Å². The Kier molecular flexibility index (Phi) is 2.49. The monoisotopic (exact) mass is 222 g/mol.